The Hall–Kier alpha value is -5.59. The second kappa shape index (κ2) is 21.3. The first-order valence-electron chi connectivity index (χ1n) is 17.9. The number of amides is 8. The summed E-state index contributed by atoms with van der Waals surface area (Å²) in [5, 5.41) is 21.7. The molecule has 55 heavy (non-hydrogen) atoms. The predicted octanol–water partition coefficient (Wildman–Crippen LogP) is -2.17. The van der Waals surface area contributed by atoms with Gasteiger partial charge < -0.3 is 42.5 Å². The molecule has 0 radical (unpaired) electrons. The summed E-state index contributed by atoms with van der Waals surface area (Å²) < 4.78 is 24.4. The highest BCUT2D eigenvalue weighted by atomic mass is 32.2. The van der Waals surface area contributed by atoms with E-state index in [9.17, 15) is 46.8 Å². The van der Waals surface area contributed by atoms with Gasteiger partial charge in [0.1, 0.15) is 34.0 Å². The summed E-state index contributed by atoms with van der Waals surface area (Å²) in [6.07, 6.45) is 1.49. The third kappa shape index (κ3) is 15.7. The second-order valence-electron chi connectivity index (χ2n) is 13.3. The van der Waals surface area contributed by atoms with Gasteiger partial charge in [-0.25, -0.2) is 8.42 Å². The lowest BCUT2D eigenvalue weighted by Gasteiger charge is -2.25. The molecule has 1 heterocycles. The third-order valence-corrected chi connectivity index (χ3v) is 9.53. The largest absolute Gasteiger partial charge is 0.356 e. The average Bonchev–Trinajstić information content (AvgIpc) is 3.12. The minimum atomic E-state index is -3.68. The molecule has 8 amide bonds. The number of fused-ring (bicyclic) bond motifs is 1. The van der Waals surface area contributed by atoms with E-state index in [0.717, 1.165) is 17.0 Å². The highest BCUT2D eigenvalue weighted by Crippen LogP contribution is 2.20. The fourth-order valence-electron chi connectivity index (χ4n) is 5.63. The fourth-order valence-corrected chi connectivity index (χ4v) is 6.29. The lowest BCUT2D eigenvalue weighted by molar-refractivity contribution is -0.135. The Morgan fingerprint density at radius 2 is 1.44 bits per heavy atom. The van der Waals surface area contributed by atoms with Gasteiger partial charge in [0.25, 0.3) is 0 Å². The zero-order valence-corrected chi connectivity index (χ0v) is 31.9. The van der Waals surface area contributed by atoms with Gasteiger partial charge in [0.15, 0.2) is 0 Å². The van der Waals surface area contributed by atoms with E-state index in [1.807, 2.05) is 24.3 Å². The molecule has 8 N–H and O–H groups in total. The first kappa shape index (κ1) is 43.8. The van der Waals surface area contributed by atoms with Crippen LogP contribution in [0.25, 0.3) is 10.8 Å². The summed E-state index contributed by atoms with van der Waals surface area (Å²) in [6, 6.07) is 7.29. The normalized spacial score (nSPS) is 21.8. The van der Waals surface area contributed by atoms with Crippen LogP contribution in [0.2, 0.25) is 0 Å². The number of nitrogens with one attached hydrogen (secondary N) is 8. The molecule has 300 valence electrons. The number of carbonyl (C=O) groups excluding carboxylic acids is 8. The molecular formula is C36H50N8O10S. The zero-order valence-electron chi connectivity index (χ0n) is 31.1. The third-order valence-electron chi connectivity index (χ3n) is 8.56. The highest BCUT2D eigenvalue weighted by molar-refractivity contribution is 7.90. The summed E-state index contributed by atoms with van der Waals surface area (Å²) in [5.74, 6) is -6.40. The minimum Gasteiger partial charge on any atom is -0.356 e. The lowest BCUT2D eigenvalue weighted by Crippen LogP contribution is -2.58. The van der Waals surface area contributed by atoms with Crippen LogP contribution in [-0.4, -0.2) is 118 Å². The number of benzene rings is 2. The van der Waals surface area contributed by atoms with Crippen molar-refractivity contribution < 1.29 is 46.8 Å². The topological polar surface area (TPSA) is 267 Å². The molecule has 0 aromatic heterocycles. The van der Waals surface area contributed by atoms with Crippen LogP contribution < -0.4 is 42.5 Å². The summed E-state index contributed by atoms with van der Waals surface area (Å²) in [7, 11) is -3.68. The standard InChI is InChI=1S/C36H50N8O10S/c1-22-33(49)38-16-8-4-7-15-37-30(46)19-29(42-32(48)20-39-23(2)45)36(52)43-27(14-17-55(3,53)54)35(51)44-28(34(50)40-21-31(47)41-22)18-25-12-9-11-24-10-5-6-13-26(24)25/h5-6,9-13,22,27-29H,4,7-8,14-21H2,1-3H3,(H,37,46)(H,38,49)(H,39,45)(H,40,50)(H,41,47)(H,42,48)(H,43,52)(H,44,51)/t22-,27-,28+,29-/m0/s1. The molecule has 4 atom stereocenters. The van der Waals surface area contributed by atoms with Crippen LogP contribution >= 0.6 is 0 Å². The number of carbonyl (C=O) groups is 8. The number of hydrogen-bond acceptors (Lipinski definition) is 10. The second-order valence-corrected chi connectivity index (χ2v) is 15.6. The molecule has 2 aromatic rings. The maximum Gasteiger partial charge on any atom is 0.243 e. The summed E-state index contributed by atoms with van der Waals surface area (Å²) >= 11 is 0. The van der Waals surface area contributed by atoms with Crippen LogP contribution in [-0.2, 0) is 54.6 Å². The summed E-state index contributed by atoms with van der Waals surface area (Å²) in [5.41, 5.74) is 0.648. The molecule has 1 aliphatic heterocycles. The van der Waals surface area contributed by atoms with E-state index in [1.54, 1.807) is 18.2 Å². The highest BCUT2D eigenvalue weighted by Gasteiger charge is 2.32. The smallest absolute Gasteiger partial charge is 0.243 e. The molecule has 18 nitrogen and oxygen atoms in total. The van der Waals surface area contributed by atoms with Crippen molar-refractivity contribution in [2.75, 3.05) is 38.2 Å². The average molecular weight is 787 g/mol. The van der Waals surface area contributed by atoms with Gasteiger partial charge in [0.2, 0.25) is 47.3 Å². The van der Waals surface area contributed by atoms with E-state index in [-0.39, 0.29) is 13.0 Å². The van der Waals surface area contributed by atoms with Gasteiger partial charge in [-0.1, -0.05) is 42.5 Å². The van der Waals surface area contributed by atoms with Crippen LogP contribution in [0.15, 0.2) is 42.5 Å². The van der Waals surface area contributed by atoms with E-state index in [4.69, 9.17) is 0 Å². The first-order valence-corrected chi connectivity index (χ1v) is 20.0. The molecular weight excluding hydrogens is 737 g/mol. The Bertz CT molecular complexity index is 1850. The molecule has 1 saturated heterocycles. The van der Waals surface area contributed by atoms with Crippen molar-refractivity contribution in [3.63, 3.8) is 0 Å². The molecule has 1 fully saturated rings. The maximum atomic E-state index is 13.9. The fraction of sp³-hybridized carbons (Fsp3) is 0.500. The molecule has 1 aliphatic rings. The molecule has 0 aliphatic carbocycles. The molecule has 0 spiro atoms. The Morgan fingerprint density at radius 3 is 2.15 bits per heavy atom. The quantitative estimate of drug-likeness (QED) is 0.144. The van der Waals surface area contributed by atoms with Crippen LogP contribution in [0.5, 0.6) is 0 Å². The van der Waals surface area contributed by atoms with Crippen molar-refractivity contribution >= 4 is 67.9 Å². The van der Waals surface area contributed by atoms with Gasteiger partial charge >= 0.3 is 0 Å². The van der Waals surface area contributed by atoms with Gasteiger partial charge in [0, 0.05) is 32.7 Å². The molecule has 3 rings (SSSR count). The number of rotatable bonds is 8. The summed E-state index contributed by atoms with van der Waals surface area (Å²) in [4.78, 5) is 104. The SMILES string of the molecule is CC(=O)NCC(=O)N[C@H]1CC(=O)NCCCCCNC(=O)[C@H](C)NC(=O)CNC(=O)[C@@H](Cc2cccc3ccccc23)NC(=O)[C@H](CCS(C)(=O)=O)NC1=O. The van der Waals surface area contributed by atoms with E-state index < -0.39 is 113 Å². The predicted molar refractivity (Wildman–Crippen MR) is 202 cm³/mol. The van der Waals surface area contributed by atoms with Crippen molar-refractivity contribution in [2.24, 2.45) is 0 Å². The molecule has 19 heteroatoms. The van der Waals surface area contributed by atoms with Crippen molar-refractivity contribution in [2.45, 2.75) is 76.5 Å². The van der Waals surface area contributed by atoms with E-state index >= 15 is 0 Å². The van der Waals surface area contributed by atoms with Crippen LogP contribution in [0.4, 0.5) is 0 Å². The Kier molecular flexibility index (Phi) is 17.0. The van der Waals surface area contributed by atoms with Gasteiger partial charge in [0.05, 0.1) is 25.3 Å². The number of hydrogen-bond donors (Lipinski definition) is 8. The van der Waals surface area contributed by atoms with Crippen molar-refractivity contribution in [3.05, 3.63) is 48.0 Å². The molecule has 0 unspecified atom stereocenters. The van der Waals surface area contributed by atoms with E-state index in [2.05, 4.69) is 42.5 Å². The van der Waals surface area contributed by atoms with E-state index in [0.29, 0.717) is 31.4 Å². The Balaban J connectivity index is 1.98. The molecule has 0 bridgehead atoms. The zero-order chi connectivity index (χ0) is 40.5. The summed E-state index contributed by atoms with van der Waals surface area (Å²) in [6.45, 7) is 2.09. The van der Waals surface area contributed by atoms with Crippen LogP contribution in [0.1, 0.15) is 51.5 Å². The van der Waals surface area contributed by atoms with Gasteiger partial charge in [-0.3, -0.25) is 38.4 Å². The van der Waals surface area contributed by atoms with Crippen molar-refractivity contribution in [1.82, 2.24) is 42.5 Å². The van der Waals surface area contributed by atoms with E-state index in [1.165, 1.54) is 13.8 Å². The monoisotopic (exact) mass is 786 g/mol. The minimum absolute atomic E-state index is 0.0892. The van der Waals surface area contributed by atoms with Gasteiger partial charge in [-0.2, -0.15) is 0 Å². The molecule has 2 aromatic carbocycles. The van der Waals surface area contributed by atoms with Crippen molar-refractivity contribution in [1.29, 1.82) is 0 Å². The lowest BCUT2D eigenvalue weighted by atomic mass is 9.98. The van der Waals surface area contributed by atoms with Gasteiger partial charge in [-0.15, -0.1) is 0 Å². The Morgan fingerprint density at radius 1 is 0.764 bits per heavy atom. The van der Waals surface area contributed by atoms with Gasteiger partial charge in [-0.05, 0) is 48.9 Å². The van der Waals surface area contributed by atoms with Crippen LogP contribution in [0.3, 0.4) is 0 Å². The first-order chi connectivity index (χ1) is 26.0. The number of sulfone groups is 1. The van der Waals surface area contributed by atoms with Crippen LogP contribution in [0, 0.1) is 0 Å². The maximum absolute atomic E-state index is 13.9. The molecule has 0 saturated carbocycles. The Labute approximate surface area is 319 Å². The van der Waals surface area contributed by atoms with Crippen molar-refractivity contribution in [3.8, 4) is 0 Å².